The lowest BCUT2D eigenvalue weighted by Gasteiger charge is -2.14. The Balaban J connectivity index is 1.93. The maximum atomic E-state index is 13.1. The molecule has 0 aliphatic heterocycles. The zero-order valence-electron chi connectivity index (χ0n) is 15.5. The molecule has 148 valence electrons. The maximum absolute atomic E-state index is 13.1. The Hall–Kier alpha value is -3.51. The molecule has 7 heteroatoms. The topological polar surface area (TPSA) is 70.6 Å². The minimum atomic E-state index is -0.644. The molecule has 0 radical (unpaired) electrons. The number of phenolic OH excluding ortho intramolecular Hbond substituents is 1. The van der Waals surface area contributed by atoms with Gasteiger partial charge in [-0.15, -0.1) is 0 Å². The molecule has 2 amide bonds. The molecule has 0 spiro atoms. The largest absolute Gasteiger partial charge is 0.508 e. The van der Waals surface area contributed by atoms with Crippen LogP contribution in [0.1, 0.15) is 11.1 Å². The summed E-state index contributed by atoms with van der Waals surface area (Å²) in [7, 11) is 0. The Morgan fingerprint density at radius 1 is 1.21 bits per heavy atom. The molecule has 0 saturated carbocycles. The lowest BCUT2D eigenvalue weighted by atomic mass is 10.1. The van der Waals surface area contributed by atoms with Crippen LogP contribution >= 0.6 is 11.6 Å². The molecule has 3 aromatic rings. The number of carbonyl (C=O) groups excluding carboxylic acids is 1. The molecule has 0 unspecified atom stereocenters. The smallest absolute Gasteiger partial charge is 0.323 e. The summed E-state index contributed by atoms with van der Waals surface area (Å²) in [5.41, 5.74) is 2.42. The maximum Gasteiger partial charge on any atom is 0.323 e. The number of rotatable bonds is 5. The first-order valence-corrected chi connectivity index (χ1v) is 9.02. The fourth-order valence-corrected chi connectivity index (χ4v) is 3.14. The summed E-state index contributed by atoms with van der Waals surface area (Å²) in [6.45, 7) is 5.66. The number of phenols is 1. The van der Waals surface area contributed by atoms with E-state index in [2.05, 4.69) is 22.2 Å². The summed E-state index contributed by atoms with van der Waals surface area (Å²) in [6.07, 6.45) is 3.25. The molecule has 0 aliphatic rings. The Morgan fingerprint density at radius 2 is 1.97 bits per heavy atom. The zero-order chi connectivity index (χ0) is 21.0. The number of aryl methyl sites for hydroxylation is 1. The van der Waals surface area contributed by atoms with Crippen molar-refractivity contribution in [2.75, 3.05) is 5.32 Å². The molecule has 29 heavy (non-hydrogen) atoms. The normalized spacial score (nSPS) is 11.2. The highest BCUT2D eigenvalue weighted by atomic mass is 35.5. The van der Waals surface area contributed by atoms with Crippen LogP contribution < -0.4 is 15.6 Å². The third kappa shape index (κ3) is 4.50. The van der Waals surface area contributed by atoms with Gasteiger partial charge in [0.1, 0.15) is 5.75 Å². The fourth-order valence-electron chi connectivity index (χ4n) is 2.87. The average molecular weight is 413 g/mol. The molecule has 5 nitrogen and oxygen atoms in total. The highest BCUT2D eigenvalue weighted by Gasteiger charge is 2.17. The highest BCUT2D eigenvalue weighted by Crippen LogP contribution is 2.40. The zero-order valence-corrected chi connectivity index (χ0v) is 16.3. The monoisotopic (exact) mass is 412 g/mol. The molecule has 3 aromatic carbocycles. The summed E-state index contributed by atoms with van der Waals surface area (Å²) in [6, 6.07) is 12.6. The van der Waals surface area contributed by atoms with Gasteiger partial charge in [0.15, 0.2) is 5.75 Å². The van der Waals surface area contributed by atoms with Gasteiger partial charge >= 0.3 is 6.03 Å². The number of carbonyl (C=O) groups is 1. The Bertz CT molecular complexity index is 1130. The average Bonchev–Trinajstić information content (AvgIpc) is 2.70. The SMILES string of the molecule is C=C/C(=C\c1ccccc1C)NC(=O)Nc1c(OF)cc(Cl)c2ccc(O)cc12. The van der Waals surface area contributed by atoms with E-state index in [9.17, 15) is 14.4 Å². The number of urea groups is 1. The van der Waals surface area contributed by atoms with E-state index in [0.29, 0.717) is 16.5 Å². The van der Waals surface area contributed by atoms with Crippen LogP contribution in [0.25, 0.3) is 16.8 Å². The van der Waals surface area contributed by atoms with Gasteiger partial charge in [0.2, 0.25) is 0 Å². The molecule has 0 heterocycles. The van der Waals surface area contributed by atoms with Crippen LogP contribution in [-0.4, -0.2) is 11.1 Å². The number of aromatic hydroxyl groups is 1. The second-order valence-electron chi connectivity index (χ2n) is 6.28. The molecule has 0 saturated heterocycles. The first kappa shape index (κ1) is 20.2. The lowest BCUT2D eigenvalue weighted by molar-refractivity contribution is -0.00511. The van der Waals surface area contributed by atoms with E-state index in [1.165, 1.54) is 24.3 Å². The summed E-state index contributed by atoms with van der Waals surface area (Å²) in [5.74, 6) is -0.356. The number of hydrogen-bond acceptors (Lipinski definition) is 3. The van der Waals surface area contributed by atoms with Crippen LogP contribution in [0.5, 0.6) is 11.5 Å². The van der Waals surface area contributed by atoms with E-state index in [4.69, 9.17) is 11.6 Å². The van der Waals surface area contributed by atoms with Gasteiger partial charge in [-0.25, -0.2) is 4.79 Å². The number of halogens is 2. The molecular weight excluding hydrogens is 395 g/mol. The predicted octanol–water partition coefficient (Wildman–Crippen LogP) is 6.12. The number of benzene rings is 3. The highest BCUT2D eigenvalue weighted by molar-refractivity contribution is 6.36. The first-order valence-electron chi connectivity index (χ1n) is 8.64. The standard InChI is InChI=1S/C22H18ClFN2O3/c1-3-15(10-14-7-5-4-6-13(14)2)25-22(28)26-21-18-11-16(27)8-9-17(18)19(23)12-20(21)29-24/h3-12,27H,1H2,2H3,(H2,25,26,28)/b15-10+. The van der Waals surface area contributed by atoms with Crippen molar-refractivity contribution in [1.82, 2.24) is 5.32 Å². The Kier molecular flexibility index (Phi) is 6.04. The number of hydrogen-bond donors (Lipinski definition) is 3. The van der Waals surface area contributed by atoms with Crippen molar-refractivity contribution in [3.05, 3.63) is 83.0 Å². The molecular formula is C22H18ClFN2O3. The molecule has 0 fully saturated rings. The molecule has 3 rings (SSSR count). The third-order valence-electron chi connectivity index (χ3n) is 4.33. The minimum Gasteiger partial charge on any atom is -0.508 e. The van der Waals surface area contributed by atoms with Crippen LogP contribution in [0.2, 0.25) is 5.02 Å². The van der Waals surface area contributed by atoms with Crippen molar-refractivity contribution in [2.24, 2.45) is 0 Å². The van der Waals surface area contributed by atoms with Crippen molar-refractivity contribution in [3.8, 4) is 11.5 Å². The van der Waals surface area contributed by atoms with E-state index in [1.807, 2.05) is 31.2 Å². The number of nitrogens with one attached hydrogen (secondary N) is 2. The lowest BCUT2D eigenvalue weighted by Crippen LogP contribution is -2.27. The Labute approximate surface area is 172 Å². The van der Waals surface area contributed by atoms with Gasteiger partial charge < -0.3 is 15.7 Å². The second kappa shape index (κ2) is 8.67. The van der Waals surface area contributed by atoms with Crippen LogP contribution in [0.3, 0.4) is 0 Å². The van der Waals surface area contributed by atoms with Crippen molar-refractivity contribution in [2.45, 2.75) is 6.92 Å². The van der Waals surface area contributed by atoms with E-state index in [0.717, 1.165) is 11.1 Å². The van der Waals surface area contributed by atoms with Gasteiger partial charge in [-0.1, -0.05) is 42.4 Å². The van der Waals surface area contributed by atoms with E-state index in [1.54, 1.807) is 12.1 Å². The molecule has 0 aliphatic carbocycles. The van der Waals surface area contributed by atoms with Crippen molar-refractivity contribution < 1.29 is 19.4 Å². The van der Waals surface area contributed by atoms with Crippen molar-refractivity contribution in [1.29, 1.82) is 0 Å². The third-order valence-corrected chi connectivity index (χ3v) is 4.65. The fraction of sp³-hybridized carbons (Fsp3) is 0.0455. The number of amides is 2. The van der Waals surface area contributed by atoms with E-state index in [-0.39, 0.29) is 22.2 Å². The quantitative estimate of drug-likeness (QED) is 0.442. The van der Waals surface area contributed by atoms with Gasteiger partial charge in [0.05, 0.1) is 10.7 Å². The van der Waals surface area contributed by atoms with Gasteiger partial charge in [0, 0.05) is 27.1 Å². The van der Waals surface area contributed by atoms with E-state index < -0.39 is 6.03 Å². The second-order valence-corrected chi connectivity index (χ2v) is 6.69. The molecule has 0 aromatic heterocycles. The molecule has 0 atom stereocenters. The van der Waals surface area contributed by atoms with Crippen LogP contribution in [-0.2, 0) is 0 Å². The van der Waals surface area contributed by atoms with E-state index >= 15 is 0 Å². The van der Waals surface area contributed by atoms with Gasteiger partial charge in [0.25, 0.3) is 0 Å². The minimum absolute atomic E-state index is 0.0274. The summed E-state index contributed by atoms with van der Waals surface area (Å²) in [5, 5.41) is 16.0. The van der Waals surface area contributed by atoms with Gasteiger partial charge in [-0.2, -0.15) is 0 Å². The first-order chi connectivity index (χ1) is 13.9. The van der Waals surface area contributed by atoms with Crippen molar-refractivity contribution >= 4 is 40.2 Å². The predicted molar refractivity (Wildman–Crippen MR) is 114 cm³/mol. The number of allylic oxidation sites excluding steroid dienone is 1. The van der Waals surface area contributed by atoms with Gasteiger partial charge in [-0.3, -0.25) is 4.94 Å². The summed E-state index contributed by atoms with van der Waals surface area (Å²) in [4.78, 5) is 16.4. The Morgan fingerprint density at radius 3 is 2.66 bits per heavy atom. The van der Waals surface area contributed by atoms with Crippen LogP contribution in [0.4, 0.5) is 15.0 Å². The summed E-state index contributed by atoms with van der Waals surface area (Å²) >= 11 is 6.13. The van der Waals surface area contributed by atoms with Gasteiger partial charge in [-0.05, 0) is 48.4 Å². The summed E-state index contributed by atoms with van der Waals surface area (Å²) < 4.78 is 13.1. The molecule has 3 N–H and O–H groups in total. The number of fused-ring (bicyclic) bond motifs is 1. The van der Waals surface area contributed by atoms with Crippen molar-refractivity contribution in [3.63, 3.8) is 0 Å². The van der Waals surface area contributed by atoms with Crippen LogP contribution in [0.15, 0.2) is 66.9 Å². The van der Waals surface area contributed by atoms with Crippen LogP contribution in [0, 0.1) is 6.92 Å². The molecule has 0 bridgehead atoms. The number of anilines is 1.